The molecule has 3 nitrogen and oxygen atoms in total. The molecular formula is C9H22N2O. The van der Waals surface area contributed by atoms with Gasteiger partial charge in [-0.3, -0.25) is 0 Å². The summed E-state index contributed by atoms with van der Waals surface area (Å²) in [5, 5.41) is 11.9. The Bertz CT molecular complexity index is 96.5. The van der Waals surface area contributed by atoms with Gasteiger partial charge in [-0.1, -0.05) is 0 Å². The molecule has 0 bridgehead atoms. The van der Waals surface area contributed by atoms with Gasteiger partial charge in [0.05, 0.1) is 0 Å². The molecule has 0 aliphatic rings. The standard InChI is InChI=1S/C9H22N2O/c1-10-7-4-5-9(6-8-12)11(2)3/h9-10,12H,4-8H2,1-3H3. The second-order valence-electron chi connectivity index (χ2n) is 3.38. The molecule has 3 heteroatoms. The Morgan fingerprint density at radius 1 is 1.33 bits per heavy atom. The van der Waals surface area contributed by atoms with Crippen LogP contribution in [0.15, 0.2) is 0 Å². The van der Waals surface area contributed by atoms with Gasteiger partial charge in [0.2, 0.25) is 0 Å². The van der Waals surface area contributed by atoms with Gasteiger partial charge in [-0.05, 0) is 47.0 Å². The molecule has 2 N–H and O–H groups in total. The summed E-state index contributed by atoms with van der Waals surface area (Å²) in [5.74, 6) is 0. The van der Waals surface area contributed by atoms with Gasteiger partial charge >= 0.3 is 0 Å². The highest BCUT2D eigenvalue weighted by Crippen LogP contribution is 2.06. The number of rotatable bonds is 7. The van der Waals surface area contributed by atoms with E-state index in [9.17, 15) is 0 Å². The van der Waals surface area contributed by atoms with Crippen molar-refractivity contribution in [2.24, 2.45) is 0 Å². The fourth-order valence-electron chi connectivity index (χ4n) is 1.32. The molecule has 1 atom stereocenters. The maximum Gasteiger partial charge on any atom is 0.0445 e. The molecule has 0 radical (unpaired) electrons. The topological polar surface area (TPSA) is 35.5 Å². The molecule has 0 spiro atoms. The number of hydrogen-bond acceptors (Lipinski definition) is 3. The van der Waals surface area contributed by atoms with E-state index >= 15 is 0 Å². The first-order valence-electron chi connectivity index (χ1n) is 4.64. The molecule has 0 amide bonds. The Hall–Kier alpha value is -0.120. The quantitative estimate of drug-likeness (QED) is 0.545. The summed E-state index contributed by atoms with van der Waals surface area (Å²) in [6.07, 6.45) is 3.23. The van der Waals surface area contributed by atoms with Crippen molar-refractivity contribution in [3.05, 3.63) is 0 Å². The SMILES string of the molecule is CNCCCC(CCO)N(C)C. The van der Waals surface area contributed by atoms with Crippen molar-refractivity contribution in [1.82, 2.24) is 10.2 Å². The van der Waals surface area contributed by atoms with Gasteiger partial charge in [0.1, 0.15) is 0 Å². The average molecular weight is 174 g/mol. The van der Waals surface area contributed by atoms with E-state index in [1.165, 1.54) is 6.42 Å². The zero-order valence-electron chi connectivity index (χ0n) is 8.51. The van der Waals surface area contributed by atoms with E-state index in [1.54, 1.807) is 0 Å². The van der Waals surface area contributed by atoms with Crippen molar-refractivity contribution in [3.63, 3.8) is 0 Å². The van der Waals surface area contributed by atoms with Gasteiger partial charge in [0.15, 0.2) is 0 Å². The predicted octanol–water partition coefficient (Wildman–Crippen LogP) is 0.299. The minimum atomic E-state index is 0.294. The Morgan fingerprint density at radius 3 is 2.42 bits per heavy atom. The highest BCUT2D eigenvalue weighted by Gasteiger charge is 2.09. The first-order valence-corrected chi connectivity index (χ1v) is 4.64. The zero-order valence-corrected chi connectivity index (χ0v) is 8.51. The van der Waals surface area contributed by atoms with Crippen molar-refractivity contribution in [3.8, 4) is 0 Å². The van der Waals surface area contributed by atoms with Crippen LogP contribution >= 0.6 is 0 Å². The van der Waals surface area contributed by atoms with Crippen molar-refractivity contribution in [2.45, 2.75) is 25.3 Å². The Kier molecular flexibility index (Phi) is 7.45. The fraction of sp³-hybridized carbons (Fsp3) is 1.00. The number of hydrogen-bond donors (Lipinski definition) is 2. The molecule has 0 aromatic heterocycles. The fourth-order valence-corrected chi connectivity index (χ4v) is 1.32. The number of nitrogens with zero attached hydrogens (tertiary/aromatic N) is 1. The maximum atomic E-state index is 8.80. The summed E-state index contributed by atoms with van der Waals surface area (Å²) in [7, 11) is 6.11. The lowest BCUT2D eigenvalue weighted by Gasteiger charge is -2.23. The Balaban J connectivity index is 3.49. The van der Waals surface area contributed by atoms with Crippen molar-refractivity contribution < 1.29 is 5.11 Å². The van der Waals surface area contributed by atoms with Gasteiger partial charge in [0.25, 0.3) is 0 Å². The third-order valence-electron chi connectivity index (χ3n) is 2.16. The summed E-state index contributed by atoms with van der Waals surface area (Å²) < 4.78 is 0. The van der Waals surface area contributed by atoms with Gasteiger partial charge in [-0.15, -0.1) is 0 Å². The smallest absolute Gasteiger partial charge is 0.0445 e. The van der Waals surface area contributed by atoms with Crippen LogP contribution in [0.5, 0.6) is 0 Å². The number of nitrogens with one attached hydrogen (secondary N) is 1. The molecule has 1 unspecified atom stereocenters. The van der Waals surface area contributed by atoms with Crippen molar-refractivity contribution in [1.29, 1.82) is 0 Å². The van der Waals surface area contributed by atoms with Crippen LogP contribution in [0.1, 0.15) is 19.3 Å². The van der Waals surface area contributed by atoms with Crippen LogP contribution in [0, 0.1) is 0 Å². The van der Waals surface area contributed by atoms with E-state index in [4.69, 9.17) is 5.11 Å². The van der Waals surface area contributed by atoms with E-state index in [0.717, 1.165) is 19.4 Å². The second kappa shape index (κ2) is 7.53. The monoisotopic (exact) mass is 174 g/mol. The van der Waals surface area contributed by atoms with Gasteiger partial charge in [-0.2, -0.15) is 0 Å². The molecule has 0 aliphatic heterocycles. The van der Waals surface area contributed by atoms with Crippen LogP contribution in [-0.4, -0.2) is 50.3 Å². The first kappa shape index (κ1) is 11.9. The normalized spacial score (nSPS) is 13.8. The highest BCUT2D eigenvalue weighted by molar-refractivity contribution is 4.65. The van der Waals surface area contributed by atoms with Crippen molar-refractivity contribution in [2.75, 3.05) is 34.3 Å². The molecule has 0 aromatic rings. The molecule has 12 heavy (non-hydrogen) atoms. The summed E-state index contributed by atoms with van der Waals surface area (Å²) in [6, 6.07) is 0.531. The van der Waals surface area contributed by atoms with E-state index < -0.39 is 0 Å². The molecule has 0 aromatic carbocycles. The first-order chi connectivity index (χ1) is 5.72. The molecule has 0 saturated heterocycles. The van der Waals surface area contributed by atoms with E-state index in [-0.39, 0.29) is 0 Å². The predicted molar refractivity (Wildman–Crippen MR) is 52.3 cm³/mol. The largest absolute Gasteiger partial charge is 0.396 e. The van der Waals surface area contributed by atoms with Gasteiger partial charge in [-0.25, -0.2) is 0 Å². The zero-order chi connectivity index (χ0) is 9.40. The van der Waals surface area contributed by atoms with Crippen LogP contribution < -0.4 is 5.32 Å². The third kappa shape index (κ3) is 5.52. The number of aliphatic hydroxyl groups excluding tert-OH is 1. The van der Waals surface area contributed by atoms with Crippen LogP contribution in [0.4, 0.5) is 0 Å². The molecule has 0 rings (SSSR count). The van der Waals surface area contributed by atoms with Crippen LogP contribution in [0.2, 0.25) is 0 Å². The van der Waals surface area contributed by atoms with E-state index in [1.807, 2.05) is 7.05 Å². The third-order valence-corrected chi connectivity index (χ3v) is 2.16. The van der Waals surface area contributed by atoms with Gasteiger partial charge < -0.3 is 15.3 Å². The van der Waals surface area contributed by atoms with Gasteiger partial charge in [0, 0.05) is 12.6 Å². The minimum Gasteiger partial charge on any atom is -0.396 e. The second-order valence-corrected chi connectivity index (χ2v) is 3.38. The van der Waals surface area contributed by atoms with E-state index in [2.05, 4.69) is 24.3 Å². The van der Waals surface area contributed by atoms with Crippen LogP contribution in [-0.2, 0) is 0 Å². The molecule has 0 heterocycles. The summed E-state index contributed by atoms with van der Waals surface area (Å²) in [4.78, 5) is 2.19. The average Bonchev–Trinajstić information content (AvgIpc) is 2.03. The van der Waals surface area contributed by atoms with Crippen LogP contribution in [0.25, 0.3) is 0 Å². The van der Waals surface area contributed by atoms with E-state index in [0.29, 0.717) is 12.6 Å². The Morgan fingerprint density at radius 2 is 2.00 bits per heavy atom. The lowest BCUT2D eigenvalue weighted by molar-refractivity contribution is 0.199. The summed E-state index contributed by atoms with van der Waals surface area (Å²) in [6.45, 7) is 1.36. The van der Waals surface area contributed by atoms with Crippen molar-refractivity contribution >= 4 is 0 Å². The molecule has 0 saturated carbocycles. The maximum absolute atomic E-state index is 8.80. The van der Waals surface area contributed by atoms with Crippen LogP contribution in [0.3, 0.4) is 0 Å². The Labute approximate surface area is 75.8 Å². The summed E-state index contributed by atoms with van der Waals surface area (Å²) in [5.41, 5.74) is 0. The molecule has 0 aliphatic carbocycles. The summed E-state index contributed by atoms with van der Waals surface area (Å²) >= 11 is 0. The lowest BCUT2D eigenvalue weighted by Crippen LogP contribution is -2.29. The highest BCUT2D eigenvalue weighted by atomic mass is 16.3. The lowest BCUT2D eigenvalue weighted by atomic mass is 10.1. The molecular weight excluding hydrogens is 152 g/mol. The minimum absolute atomic E-state index is 0.294. The molecule has 74 valence electrons. The number of aliphatic hydroxyl groups is 1. The molecule has 0 fully saturated rings.